The number of nitrogens with zero attached hydrogens (tertiary/aromatic N) is 5. The monoisotopic (exact) mass is 566 g/mol. The molecule has 11 heteroatoms. The molecule has 0 amide bonds. The molecular weight excluding hydrogens is 541 g/mol. The summed E-state index contributed by atoms with van der Waals surface area (Å²) in [5.41, 5.74) is 8.32. The van der Waals surface area contributed by atoms with Crippen molar-refractivity contribution in [2.24, 2.45) is 5.92 Å². The first-order chi connectivity index (χ1) is 19.0. The summed E-state index contributed by atoms with van der Waals surface area (Å²) < 4.78 is 41.6. The van der Waals surface area contributed by atoms with E-state index in [1.165, 1.54) is 12.4 Å². The Labute approximate surface area is 234 Å². The third kappa shape index (κ3) is 5.81. The number of aromatic nitrogens is 4. The molecule has 2 aromatic heterocycles. The quantitative estimate of drug-likeness (QED) is 0.265. The molecule has 0 aliphatic carbocycles. The minimum Gasteiger partial charge on any atom is -0.383 e. The lowest BCUT2D eigenvalue weighted by atomic mass is 9.98. The third-order valence-corrected chi connectivity index (χ3v) is 7.38. The van der Waals surface area contributed by atoms with Crippen molar-refractivity contribution in [3.8, 4) is 11.8 Å². The van der Waals surface area contributed by atoms with E-state index in [1.54, 1.807) is 12.1 Å². The van der Waals surface area contributed by atoms with E-state index in [9.17, 15) is 18.0 Å². The molecule has 1 unspecified atom stereocenters. The fraction of sp³-hybridized carbons (Fsp3) is 0.310. The number of alkyl halides is 3. The fourth-order valence-electron chi connectivity index (χ4n) is 4.91. The summed E-state index contributed by atoms with van der Waals surface area (Å²) in [7, 11) is 2.09. The number of carbonyl (C=O) groups excluding carboxylic acids is 1. The first kappa shape index (κ1) is 27.6. The summed E-state index contributed by atoms with van der Waals surface area (Å²) in [6.45, 7) is 4.58. The van der Waals surface area contributed by atoms with Crippen LogP contribution in [0.2, 0.25) is 5.02 Å². The van der Waals surface area contributed by atoms with Gasteiger partial charge in [-0.25, -0.2) is 14.6 Å². The molecule has 7 nitrogen and oxygen atoms in total. The van der Waals surface area contributed by atoms with Gasteiger partial charge < -0.3 is 10.6 Å². The molecule has 1 saturated heterocycles. The average Bonchev–Trinajstić information content (AvgIpc) is 3.47. The number of likely N-dealkylation sites (tertiary alicyclic amines) is 1. The summed E-state index contributed by atoms with van der Waals surface area (Å²) in [5, 5.41) is 4.86. The van der Waals surface area contributed by atoms with Gasteiger partial charge in [0.05, 0.1) is 16.0 Å². The molecule has 2 N–H and O–H groups in total. The smallest absolute Gasteiger partial charge is 0.383 e. The van der Waals surface area contributed by atoms with E-state index in [0.29, 0.717) is 46.1 Å². The SMILES string of the molecule is Cc1ccc(CC(=O)c2ccc(Cl)c(C(F)(F)F)c2)cc1C#Cc1nn(CC2CCN(C)C2)c2ncnc(N)c12. The van der Waals surface area contributed by atoms with E-state index >= 15 is 0 Å². The summed E-state index contributed by atoms with van der Waals surface area (Å²) >= 11 is 5.69. The van der Waals surface area contributed by atoms with Gasteiger partial charge in [0.25, 0.3) is 0 Å². The maximum atomic E-state index is 13.2. The molecule has 0 spiro atoms. The van der Waals surface area contributed by atoms with Crippen LogP contribution in [0.15, 0.2) is 42.7 Å². The van der Waals surface area contributed by atoms with Crippen molar-refractivity contribution >= 4 is 34.2 Å². The molecule has 40 heavy (non-hydrogen) atoms. The van der Waals surface area contributed by atoms with Gasteiger partial charge in [0, 0.05) is 30.6 Å². The fourth-order valence-corrected chi connectivity index (χ4v) is 5.13. The number of carbonyl (C=O) groups is 1. The minimum atomic E-state index is -4.65. The molecule has 206 valence electrons. The van der Waals surface area contributed by atoms with E-state index in [1.807, 2.05) is 17.7 Å². The van der Waals surface area contributed by atoms with Crippen molar-refractivity contribution in [2.45, 2.75) is 32.5 Å². The molecule has 0 saturated carbocycles. The van der Waals surface area contributed by atoms with Gasteiger partial charge in [-0.2, -0.15) is 18.3 Å². The Morgan fingerprint density at radius 3 is 2.70 bits per heavy atom. The predicted octanol–water partition coefficient (Wildman–Crippen LogP) is 5.17. The number of benzene rings is 2. The zero-order valence-electron chi connectivity index (χ0n) is 21.9. The lowest BCUT2D eigenvalue weighted by Crippen LogP contribution is -2.17. The predicted molar refractivity (Wildman–Crippen MR) is 147 cm³/mol. The number of anilines is 1. The Bertz CT molecular complexity index is 1670. The highest BCUT2D eigenvalue weighted by Crippen LogP contribution is 2.35. The van der Waals surface area contributed by atoms with E-state index in [4.69, 9.17) is 22.4 Å². The molecule has 0 bridgehead atoms. The normalized spacial score (nSPS) is 15.8. The molecule has 4 aromatic rings. The lowest BCUT2D eigenvalue weighted by Gasteiger charge is -2.11. The van der Waals surface area contributed by atoms with E-state index in [-0.39, 0.29) is 12.0 Å². The summed E-state index contributed by atoms with van der Waals surface area (Å²) in [6, 6.07) is 8.51. The Balaban J connectivity index is 1.42. The molecule has 2 aromatic carbocycles. The van der Waals surface area contributed by atoms with Crippen molar-refractivity contribution in [3.05, 3.63) is 81.3 Å². The van der Waals surface area contributed by atoms with Gasteiger partial charge in [-0.3, -0.25) is 4.79 Å². The Morgan fingerprint density at radius 2 is 1.98 bits per heavy atom. The van der Waals surface area contributed by atoms with Crippen LogP contribution in [0.3, 0.4) is 0 Å². The number of fused-ring (bicyclic) bond motifs is 1. The second kappa shape index (κ2) is 10.9. The highest BCUT2D eigenvalue weighted by molar-refractivity contribution is 6.31. The number of rotatable bonds is 5. The molecule has 1 fully saturated rings. The largest absolute Gasteiger partial charge is 0.417 e. The van der Waals surface area contributed by atoms with Crippen LogP contribution in [-0.4, -0.2) is 50.6 Å². The van der Waals surface area contributed by atoms with Crippen LogP contribution < -0.4 is 5.73 Å². The molecule has 3 heterocycles. The molecule has 1 aliphatic heterocycles. The number of nitrogens with two attached hydrogens (primary N) is 1. The second-order valence-electron chi connectivity index (χ2n) is 10.1. The van der Waals surface area contributed by atoms with Crippen molar-refractivity contribution < 1.29 is 18.0 Å². The van der Waals surface area contributed by atoms with Gasteiger partial charge in [-0.15, -0.1) is 0 Å². The van der Waals surface area contributed by atoms with Crippen LogP contribution in [0.4, 0.5) is 19.0 Å². The van der Waals surface area contributed by atoms with Gasteiger partial charge >= 0.3 is 6.18 Å². The van der Waals surface area contributed by atoms with Gasteiger partial charge in [-0.05, 0) is 74.2 Å². The lowest BCUT2D eigenvalue weighted by molar-refractivity contribution is -0.137. The van der Waals surface area contributed by atoms with E-state index < -0.39 is 22.5 Å². The van der Waals surface area contributed by atoms with Crippen LogP contribution in [0.1, 0.15) is 44.7 Å². The van der Waals surface area contributed by atoms with Crippen LogP contribution in [-0.2, 0) is 19.1 Å². The summed E-state index contributed by atoms with van der Waals surface area (Å²) in [6.07, 6.45) is -2.27. The highest BCUT2D eigenvalue weighted by Gasteiger charge is 2.33. The molecule has 1 atom stereocenters. The number of nitrogen functional groups attached to an aromatic ring is 1. The molecular formula is C29H26ClF3N6O. The maximum Gasteiger partial charge on any atom is 0.417 e. The third-order valence-electron chi connectivity index (χ3n) is 7.05. The zero-order valence-corrected chi connectivity index (χ0v) is 22.6. The van der Waals surface area contributed by atoms with Crippen molar-refractivity contribution in [1.82, 2.24) is 24.6 Å². The highest BCUT2D eigenvalue weighted by atomic mass is 35.5. The summed E-state index contributed by atoms with van der Waals surface area (Å²) in [4.78, 5) is 23.7. The van der Waals surface area contributed by atoms with Crippen LogP contribution in [0, 0.1) is 24.7 Å². The Kier molecular flexibility index (Phi) is 7.53. The summed E-state index contributed by atoms with van der Waals surface area (Å²) in [5.74, 6) is 6.51. The number of aryl methyl sites for hydroxylation is 1. The number of Topliss-reactive ketones (excluding diaryl/α,β-unsaturated/α-hetero) is 1. The van der Waals surface area contributed by atoms with Gasteiger partial charge in [0.2, 0.25) is 0 Å². The topological polar surface area (TPSA) is 89.9 Å². The number of hydrogen-bond acceptors (Lipinski definition) is 6. The number of ketones is 1. The number of hydrogen-bond donors (Lipinski definition) is 1. The first-order valence-corrected chi connectivity index (χ1v) is 13.0. The van der Waals surface area contributed by atoms with Gasteiger partial charge in [0.1, 0.15) is 17.8 Å². The molecule has 1 aliphatic rings. The zero-order chi connectivity index (χ0) is 28.6. The van der Waals surface area contributed by atoms with Crippen molar-refractivity contribution in [3.63, 3.8) is 0 Å². The molecule has 0 radical (unpaired) electrons. The van der Waals surface area contributed by atoms with Crippen LogP contribution in [0.25, 0.3) is 11.0 Å². The van der Waals surface area contributed by atoms with Gasteiger partial charge in [0.15, 0.2) is 11.4 Å². The van der Waals surface area contributed by atoms with Crippen LogP contribution in [0.5, 0.6) is 0 Å². The van der Waals surface area contributed by atoms with Crippen molar-refractivity contribution in [2.75, 3.05) is 25.9 Å². The Hall–Kier alpha value is -3.94. The number of halogens is 4. The first-order valence-electron chi connectivity index (χ1n) is 12.7. The second-order valence-corrected chi connectivity index (χ2v) is 10.5. The van der Waals surface area contributed by atoms with E-state index in [2.05, 4.69) is 33.8 Å². The standard InChI is InChI=1S/C29H26ClF3N6O/c1-17-3-4-18(12-25(40)21-5-7-23(30)22(13-21)29(31,32)33)11-20(17)6-8-24-26-27(34)35-16-36-28(26)39(37-24)15-19-9-10-38(2)14-19/h3-5,7,11,13,16,19H,9-10,12,14-15H2,1-2H3,(H2,34,35,36). The maximum absolute atomic E-state index is 13.2. The molecule has 5 rings (SSSR count). The average molecular weight is 567 g/mol. The van der Waals surface area contributed by atoms with E-state index in [0.717, 1.165) is 37.2 Å². The van der Waals surface area contributed by atoms with Crippen molar-refractivity contribution in [1.29, 1.82) is 0 Å². The minimum absolute atomic E-state index is 0.0640. The Morgan fingerprint density at radius 1 is 1.18 bits per heavy atom. The van der Waals surface area contributed by atoms with Gasteiger partial charge in [-0.1, -0.05) is 29.7 Å². The van der Waals surface area contributed by atoms with Crippen LogP contribution >= 0.6 is 11.6 Å².